The number of rotatable bonds is 10. The summed E-state index contributed by atoms with van der Waals surface area (Å²) in [4.78, 5) is 0. The molecule has 0 aliphatic carbocycles. The lowest BCUT2D eigenvalue weighted by atomic mass is 9.83. The maximum Gasteiger partial charge on any atom is 0.186 e. The van der Waals surface area contributed by atoms with Crippen LogP contribution in [-0.2, 0) is 54.1 Å². The van der Waals surface area contributed by atoms with E-state index in [0.29, 0.717) is 25.7 Å². The molecule has 4 bridgehead atoms. The Labute approximate surface area is 384 Å². The first-order valence-corrected chi connectivity index (χ1v) is 22.5. The lowest BCUT2D eigenvalue weighted by molar-refractivity contribution is -0.311. The Bertz CT molecular complexity index is 1990. The highest BCUT2D eigenvalue weighted by Crippen LogP contribution is 2.36. The number of ether oxygens (including phenoxy) is 8. The summed E-state index contributed by atoms with van der Waals surface area (Å²) in [7, 11) is 2.92. The number of phenolic OH excluding ortho intramolecular Hbond substituents is 4. The first-order chi connectivity index (χ1) is 31.7. The monoisotopic (exact) mass is 920 g/mol. The van der Waals surface area contributed by atoms with E-state index in [1.807, 2.05) is 0 Å². The standard InChI is InChI=1S/C50H64O16/c1-27-43(55)47-45(57)49(65-27)63-25-33(17-29-5-11-37(51)12-6-29)36(20-32-10-16-40(54)42(22-32)60-4)24-62-48-44(56)28(2)66-50(46(48)58)64-26-34(18-30-7-13-38(52)14-8-30)35(23-61-47)19-31-9-15-39(53)41(21-31)59-3/h5-16,21-22,27-28,33-36,43-58H,17-20,23-26H2,1-4H3/t27-,28-,33-,34+,35+,36+,43-,44-,45-,46-,47+,48+,49-,50-/m1/s1. The average molecular weight is 921 g/mol. The molecule has 3 saturated heterocycles. The molecule has 4 aromatic rings. The van der Waals surface area contributed by atoms with E-state index in [9.17, 15) is 40.9 Å². The average Bonchev–Trinajstić information content (AvgIpc) is 3.30. The van der Waals surface area contributed by atoms with Crippen LogP contribution in [0.4, 0.5) is 0 Å². The van der Waals surface area contributed by atoms with E-state index in [2.05, 4.69) is 0 Å². The van der Waals surface area contributed by atoms with Gasteiger partial charge in [0.1, 0.15) is 48.1 Å². The maximum atomic E-state index is 12.0. The molecule has 0 radical (unpaired) electrons. The van der Waals surface area contributed by atoms with Crippen LogP contribution in [0, 0.1) is 23.7 Å². The van der Waals surface area contributed by atoms with Gasteiger partial charge in [0.05, 0.1) is 52.9 Å². The maximum absolute atomic E-state index is 12.0. The minimum absolute atomic E-state index is 0.00240. The van der Waals surface area contributed by atoms with Crippen LogP contribution in [0.3, 0.4) is 0 Å². The second kappa shape index (κ2) is 22.4. The van der Waals surface area contributed by atoms with Crippen molar-refractivity contribution >= 4 is 0 Å². The predicted octanol–water partition coefficient (Wildman–Crippen LogP) is 4.01. The van der Waals surface area contributed by atoms with Crippen LogP contribution in [0.5, 0.6) is 34.5 Å². The summed E-state index contributed by atoms with van der Waals surface area (Å²) < 4.78 is 49.3. The SMILES string of the molecule is COc1cc(C[C@H]2CO[C@@H]3[C@@H](O)[C@H](OC[C@@H](Cc4ccc(O)cc4)[C@@H](Cc4ccc(O)c(OC)c4)CO[C@@H]4[C@@H](O)[C@H](OC[C@@H]2Cc2ccc(O)cc2)O[C@H](C)[C@H]4O)O[C@H](C)[C@H]3O)ccc1O. The summed E-state index contributed by atoms with van der Waals surface area (Å²) in [6, 6.07) is 23.6. The van der Waals surface area contributed by atoms with E-state index < -0.39 is 85.1 Å². The Hall–Kier alpha value is -4.72. The first-order valence-electron chi connectivity index (χ1n) is 22.5. The third-order valence-corrected chi connectivity index (χ3v) is 13.2. The molecular formula is C50H64O16. The van der Waals surface area contributed by atoms with E-state index in [1.165, 1.54) is 26.4 Å². The first kappa shape index (κ1) is 49.2. The van der Waals surface area contributed by atoms with Crippen LogP contribution >= 0.6 is 0 Å². The quantitative estimate of drug-likeness (QED) is 0.112. The van der Waals surface area contributed by atoms with Crippen LogP contribution in [0.15, 0.2) is 84.9 Å². The molecule has 0 saturated carbocycles. The van der Waals surface area contributed by atoms with Crippen molar-refractivity contribution in [1.82, 2.24) is 0 Å². The summed E-state index contributed by atoms with van der Waals surface area (Å²) in [5.74, 6) is -0.932. The number of fused-ring (bicyclic) bond motifs is 4. The van der Waals surface area contributed by atoms with Crippen LogP contribution < -0.4 is 9.47 Å². The normalized spacial score (nSPS) is 32.4. The summed E-state index contributed by atoms with van der Waals surface area (Å²) in [5.41, 5.74) is 3.30. The molecular weight excluding hydrogens is 857 g/mol. The van der Waals surface area contributed by atoms with Gasteiger partial charge in [-0.1, -0.05) is 36.4 Å². The third kappa shape index (κ3) is 12.0. The van der Waals surface area contributed by atoms with Crippen LogP contribution in [0.1, 0.15) is 36.1 Å². The van der Waals surface area contributed by atoms with Gasteiger partial charge in [-0.3, -0.25) is 0 Å². The van der Waals surface area contributed by atoms with E-state index >= 15 is 0 Å². The number of hydrogen-bond donors (Lipinski definition) is 8. The molecule has 16 heteroatoms. The zero-order valence-corrected chi connectivity index (χ0v) is 37.7. The fraction of sp³-hybridized carbons (Fsp3) is 0.520. The third-order valence-electron chi connectivity index (χ3n) is 13.2. The van der Waals surface area contributed by atoms with Gasteiger partial charge in [0, 0.05) is 0 Å². The molecule has 0 unspecified atom stereocenters. The van der Waals surface area contributed by atoms with Crippen molar-refractivity contribution in [1.29, 1.82) is 0 Å². The van der Waals surface area contributed by atoms with Crippen molar-refractivity contribution in [3.63, 3.8) is 0 Å². The molecule has 3 aliphatic heterocycles. The van der Waals surface area contributed by atoms with Crippen molar-refractivity contribution in [2.24, 2.45) is 23.7 Å². The largest absolute Gasteiger partial charge is 0.508 e. The summed E-state index contributed by atoms with van der Waals surface area (Å²) in [6.45, 7) is 3.34. The minimum Gasteiger partial charge on any atom is -0.508 e. The molecule has 360 valence electrons. The summed E-state index contributed by atoms with van der Waals surface area (Å²) in [5, 5.41) is 88.1. The van der Waals surface area contributed by atoms with Crippen molar-refractivity contribution in [3.8, 4) is 34.5 Å². The Morgan fingerprint density at radius 1 is 0.439 bits per heavy atom. The highest BCUT2D eigenvalue weighted by Gasteiger charge is 2.47. The molecule has 8 N–H and O–H groups in total. The highest BCUT2D eigenvalue weighted by atomic mass is 16.7. The number of aliphatic hydroxyl groups excluding tert-OH is 4. The number of phenols is 4. The molecule has 16 nitrogen and oxygen atoms in total. The van der Waals surface area contributed by atoms with Crippen molar-refractivity contribution in [3.05, 3.63) is 107 Å². The van der Waals surface area contributed by atoms with Gasteiger partial charge in [0.15, 0.2) is 35.6 Å². The van der Waals surface area contributed by atoms with Gasteiger partial charge >= 0.3 is 0 Å². The van der Waals surface area contributed by atoms with Crippen molar-refractivity contribution in [2.45, 2.75) is 101 Å². The van der Waals surface area contributed by atoms with E-state index in [4.69, 9.17) is 37.9 Å². The molecule has 0 amide bonds. The lowest BCUT2D eigenvalue weighted by Gasteiger charge is -2.44. The molecule has 0 spiro atoms. The molecule has 66 heavy (non-hydrogen) atoms. The second-order valence-corrected chi connectivity index (χ2v) is 17.8. The Morgan fingerprint density at radius 3 is 1.11 bits per heavy atom. The summed E-state index contributed by atoms with van der Waals surface area (Å²) >= 11 is 0. The molecule has 4 aromatic carbocycles. The molecule has 3 aliphatic rings. The Kier molecular flexibility index (Phi) is 16.7. The fourth-order valence-corrected chi connectivity index (χ4v) is 9.19. The predicted molar refractivity (Wildman–Crippen MR) is 238 cm³/mol. The smallest absolute Gasteiger partial charge is 0.186 e. The number of aromatic hydroxyl groups is 4. The molecule has 3 heterocycles. The van der Waals surface area contributed by atoms with Crippen molar-refractivity contribution in [2.75, 3.05) is 40.6 Å². The summed E-state index contributed by atoms with van der Waals surface area (Å²) in [6.07, 6.45) is -10.3. The van der Waals surface area contributed by atoms with E-state index in [-0.39, 0.29) is 60.9 Å². The molecule has 0 aromatic heterocycles. The van der Waals surface area contributed by atoms with Gasteiger partial charge in [-0.2, -0.15) is 0 Å². The molecule has 3 fully saturated rings. The highest BCUT2D eigenvalue weighted by molar-refractivity contribution is 5.43. The van der Waals surface area contributed by atoms with Gasteiger partial charge in [0.25, 0.3) is 0 Å². The molecule has 14 atom stereocenters. The van der Waals surface area contributed by atoms with Crippen LogP contribution in [0.25, 0.3) is 0 Å². The zero-order chi connectivity index (χ0) is 47.1. The van der Waals surface area contributed by atoms with Crippen LogP contribution in [0.2, 0.25) is 0 Å². The van der Waals surface area contributed by atoms with Gasteiger partial charge in [-0.25, -0.2) is 0 Å². The van der Waals surface area contributed by atoms with Crippen molar-refractivity contribution < 1.29 is 78.7 Å². The van der Waals surface area contributed by atoms with Gasteiger partial charge < -0.3 is 78.7 Å². The molecule has 7 rings (SSSR count). The topological polar surface area (TPSA) is 236 Å². The van der Waals surface area contributed by atoms with Gasteiger partial charge in [-0.05, 0) is 134 Å². The van der Waals surface area contributed by atoms with Gasteiger partial charge in [0.2, 0.25) is 0 Å². The number of hydrogen-bond acceptors (Lipinski definition) is 16. The van der Waals surface area contributed by atoms with Gasteiger partial charge in [-0.15, -0.1) is 0 Å². The minimum atomic E-state index is -1.44. The van der Waals surface area contributed by atoms with E-state index in [1.54, 1.807) is 86.6 Å². The van der Waals surface area contributed by atoms with E-state index in [0.717, 1.165) is 22.3 Å². The fourth-order valence-electron chi connectivity index (χ4n) is 9.19. The Balaban J connectivity index is 1.27. The number of methoxy groups -OCH3 is 2. The lowest BCUT2D eigenvalue weighted by Crippen LogP contribution is -2.59. The van der Waals surface area contributed by atoms with Crippen LogP contribution in [-0.4, -0.2) is 143 Å². The number of aliphatic hydroxyl groups is 4. The Morgan fingerprint density at radius 2 is 0.758 bits per heavy atom. The number of benzene rings is 4. The second-order valence-electron chi connectivity index (χ2n) is 17.8. The zero-order valence-electron chi connectivity index (χ0n) is 37.7.